The summed E-state index contributed by atoms with van der Waals surface area (Å²) >= 11 is 0. The Morgan fingerprint density at radius 2 is 1.00 bits per heavy atom. The van der Waals surface area contributed by atoms with E-state index in [1.165, 1.54) is 32.1 Å². The summed E-state index contributed by atoms with van der Waals surface area (Å²) in [6.45, 7) is 8.89. The zero-order valence-corrected chi connectivity index (χ0v) is 14.7. The summed E-state index contributed by atoms with van der Waals surface area (Å²) in [7, 11) is 0. The molecule has 106 valence electrons. The molecule has 0 fully saturated rings. The minimum atomic E-state index is 0. The summed E-state index contributed by atoms with van der Waals surface area (Å²) in [6.07, 6.45) is 7.38. The molecule has 0 saturated carbocycles. The van der Waals surface area contributed by atoms with Gasteiger partial charge in [-0.25, -0.2) is 0 Å². The van der Waals surface area contributed by atoms with Crippen molar-refractivity contribution in [2.45, 2.75) is 52.4 Å². The van der Waals surface area contributed by atoms with Crippen LogP contribution in [0.25, 0.3) is 0 Å². The van der Waals surface area contributed by atoms with E-state index >= 15 is 0 Å². The van der Waals surface area contributed by atoms with Gasteiger partial charge in [-0.2, -0.15) is 0 Å². The Morgan fingerprint density at radius 1 is 0.556 bits per heavy atom. The van der Waals surface area contributed by atoms with Gasteiger partial charge in [0.05, 0.1) is 26.4 Å². The van der Waals surface area contributed by atoms with Gasteiger partial charge >= 0.3 is 29.6 Å². The topological polar surface area (TPSA) is 27.7 Å². The molecule has 3 nitrogen and oxygen atoms in total. The monoisotopic (exact) mass is 270 g/mol. The van der Waals surface area contributed by atoms with E-state index in [0.717, 1.165) is 19.6 Å². The van der Waals surface area contributed by atoms with E-state index in [-0.39, 0.29) is 31.0 Å². The van der Waals surface area contributed by atoms with Crippen LogP contribution in [0, 0.1) is 0 Å². The Bertz CT molecular complexity index is 126. The average Bonchev–Trinajstić information content (AvgIpc) is 2.35. The third-order valence-electron chi connectivity index (χ3n) is 2.53. The van der Waals surface area contributed by atoms with Crippen molar-refractivity contribution in [2.75, 3.05) is 39.6 Å². The number of hydrogen-bond donors (Lipinski definition) is 0. The molecular weight excluding hydrogens is 239 g/mol. The van der Waals surface area contributed by atoms with E-state index in [1.54, 1.807) is 0 Å². The SMILES string of the molecule is CCCCCCOCCOCCOCCCC.[H-].[Na+]. The van der Waals surface area contributed by atoms with Crippen molar-refractivity contribution in [3.8, 4) is 0 Å². The fourth-order valence-electron chi connectivity index (χ4n) is 1.42. The quantitative estimate of drug-likeness (QED) is 0.340. The number of unbranched alkanes of at least 4 members (excludes halogenated alkanes) is 4. The van der Waals surface area contributed by atoms with E-state index < -0.39 is 0 Å². The van der Waals surface area contributed by atoms with Gasteiger partial charge in [0.25, 0.3) is 0 Å². The van der Waals surface area contributed by atoms with Crippen molar-refractivity contribution in [1.82, 2.24) is 0 Å². The maximum Gasteiger partial charge on any atom is 1.00 e. The largest absolute Gasteiger partial charge is 1.00 e. The first kappa shape index (κ1) is 21.2. The van der Waals surface area contributed by atoms with Crippen molar-refractivity contribution in [1.29, 1.82) is 0 Å². The van der Waals surface area contributed by atoms with Gasteiger partial charge in [0.2, 0.25) is 0 Å². The van der Waals surface area contributed by atoms with E-state index in [9.17, 15) is 0 Å². The molecule has 4 heteroatoms. The predicted molar refractivity (Wildman–Crippen MR) is 72.6 cm³/mol. The van der Waals surface area contributed by atoms with Crippen molar-refractivity contribution in [2.24, 2.45) is 0 Å². The normalized spacial score (nSPS) is 10.3. The van der Waals surface area contributed by atoms with Gasteiger partial charge in [-0.05, 0) is 12.8 Å². The second-order valence-electron chi connectivity index (χ2n) is 4.25. The van der Waals surface area contributed by atoms with Crippen LogP contribution in [-0.2, 0) is 14.2 Å². The molecule has 0 spiro atoms. The first-order valence-corrected chi connectivity index (χ1v) is 7.15. The van der Waals surface area contributed by atoms with Gasteiger partial charge in [-0.3, -0.25) is 0 Å². The van der Waals surface area contributed by atoms with Crippen LogP contribution in [-0.4, -0.2) is 39.6 Å². The Hall–Kier alpha value is 0.880. The fourth-order valence-corrected chi connectivity index (χ4v) is 1.42. The smallest absolute Gasteiger partial charge is 1.00 e. The molecule has 18 heavy (non-hydrogen) atoms. The average molecular weight is 270 g/mol. The zero-order chi connectivity index (χ0) is 12.6. The molecule has 0 unspecified atom stereocenters. The van der Waals surface area contributed by atoms with E-state index in [2.05, 4.69) is 13.8 Å². The molecule has 0 aromatic heterocycles. The Balaban J connectivity index is -0.00000128. The van der Waals surface area contributed by atoms with Crippen LogP contribution in [0.15, 0.2) is 0 Å². The minimum absolute atomic E-state index is 0. The van der Waals surface area contributed by atoms with E-state index in [0.29, 0.717) is 26.4 Å². The summed E-state index contributed by atoms with van der Waals surface area (Å²) < 4.78 is 16.2. The number of hydrogen-bond acceptors (Lipinski definition) is 3. The standard InChI is InChI=1S/C14H30O3.Na.H/c1-3-5-7-8-10-16-12-14-17-13-11-15-9-6-4-2;;/h3-14H2,1-2H3;;/q;+1;-1. The van der Waals surface area contributed by atoms with Crippen molar-refractivity contribution < 1.29 is 45.2 Å². The van der Waals surface area contributed by atoms with Gasteiger partial charge < -0.3 is 15.6 Å². The van der Waals surface area contributed by atoms with Crippen LogP contribution in [0.1, 0.15) is 53.8 Å². The molecule has 0 rings (SSSR count). The molecule has 0 atom stereocenters. The molecule has 0 aliphatic rings. The molecule has 0 saturated heterocycles. The molecular formula is C14H31NaO3. The van der Waals surface area contributed by atoms with E-state index in [1.807, 2.05) is 0 Å². The van der Waals surface area contributed by atoms with Gasteiger partial charge in [-0.15, -0.1) is 0 Å². The van der Waals surface area contributed by atoms with Gasteiger partial charge in [-0.1, -0.05) is 39.5 Å². The van der Waals surface area contributed by atoms with Crippen LogP contribution >= 0.6 is 0 Å². The Labute approximate surface area is 137 Å². The molecule has 0 heterocycles. The van der Waals surface area contributed by atoms with Crippen LogP contribution in [0.2, 0.25) is 0 Å². The van der Waals surface area contributed by atoms with Crippen molar-refractivity contribution in [3.05, 3.63) is 0 Å². The van der Waals surface area contributed by atoms with Crippen LogP contribution < -0.4 is 29.6 Å². The molecule has 0 aliphatic carbocycles. The fraction of sp³-hybridized carbons (Fsp3) is 1.00. The Morgan fingerprint density at radius 3 is 1.50 bits per heavy atom. The van der Waals surface area contributed by atoms with Crippen LogP contribution in [0.3, 0.4) is 0 Å². The summed E-state index contributed by atoms with van der Waals surface area (Å²) in [4.78, 5) is 0. The maximum absolute atomic E-state index is 5.46. The first-order chi connectivity index (χ1) is 8.41. The van der Waals surface area contributed by atoms with Crippen molar-refractivity contribution >= 4 is 0 Å². The predicted octanol–water partition coefficient (Wildman–Crippen LogP) is 0.533. The second-order valence-corrected chi connectivity index (χ2v) is 4.25. The number of rotatable bonds is 14. The van der Waals surface area contributed by atoms with E-state index in [4.69, 9.17) is 14.2 Å². The summed E-state index contributed by atoms with van der Waals surface area (Å²) in [5, 5.41) is 0. The molecule has 0 N–H and O–H groups in total. The van der Waals surface area contributed by atoms with Gasteiger partial charge in [0.1, 0.15) is 0 Å². The summed E-state index contributed by atoms with van der Waals surface area (Å²) in [5.74, 6) is 0. The molecule has 0 aromatic carbocycles. The zero-order valence-electron chi connectivity index (χ0n) is 13.7. The number of ether oxygens (including phenoxy) is 3. The van der Waals surface area contributed by atoms with Crippen LogP contribution in [0.4, 0.5) is 0 Å². The van der Waals surface area contributed by atoms with Crippen LogP contribution in [0.5, 0.6) is 0 Å². The molecule has 0 bridgehead atoms. The summed E-state index contributed by atoms with van der Waals surface area (Å²) in [5.41, 5.74) is 0. The second kappa shape index (κ2) is 20.2. The third-order valence-corrected chi connectivity index (χ3v) is 2.53. The molecule has 0 radical (unpaired) electrons. The molecule has 0 aromatic rings. The molecule has 0 aliphatic heterocycles. The van der Waals surface area contributed by atoms with Gasteiger partial charge in [0, 0.05) is 13.2 Å². The third kappa shape index (κ3) is 19.2. The first-order valence-electron chi connectivity index (χ1n) is 7.15. The Kier molecular flexibility index (Phi) is 23.8. The minimum Gasteiger partial charge on any atom is -1.00 e. The molecule has 0 amide bonds. The van der Waals surface area contributed by atoms with Crippen molar-refractivity contribution in [3.63, 3.8) is 0 Å². The van der Waals surface area contributed by atoms with Gasteiger partial charge in [0.15, 0.2) is 0 Å². The maximum atomic E-state index is 5.46. The summed E-state index contributed by atoms with van der Waals surface area (Å²) in [6, 6.07) is 0.